The molecule has 1 rings (SSSR count). The minimum atomic E-state index is -0.351. The van der Waals surface area contributed by atoms with Crippen LogP contribution >= 0.6 is 0 Å². The Hall–Kier alpha value is -1.62. The zero-order valence-corrected chi connectivity index (χ0v) is 12.0. The lowest BCUT2D eigenvalue weighted by Gasteiger charge is -2.25. The molecule has 0 fully saturated rings. The third kappa shape index (κ3) is 4.87. The molecule has 1 aromatic carbocycles. The fraction of sp³-hybridized carbons (Fsp3) is 0.571. The van der Waals surface area contributed by atoms with Gasteiger partial charge in [0.05, 0.1) is 4.92 Å². The maximum Gasteiger partial charge on any atom is 0.274 e. The normalized spacial score (nSPS) is 11.4. The molecule has 0 amide bonds. The number of nitro benzene ring substituents is 1. The average molecular weight is 266 g/mol. The van der Waals surface area contributed by atoms with E-state index in [-0.39, 0.29) is 16.0 Å². The number of nitrogens with zero attached hydrogens (tertiary/aromatic N) is 1. The van der Waals surface area contributed by atoms with E-state index in [0.717, 1.165) is 18.7 Å². The number of methoxy groups -OCH3 is 1. The van der Waals surface area contributed by atoms with E-state index in [2.05, 4.69) is 19.2 Å². The van der Waals surface area contributed by atoms with Crippen molar-refractivity contribution in [3.63, 3.8) is 0 Å². The second kappa shape index (κ2) is 6.52. The van der Waals surface area contributed by atoms with Crippen LogP contribution in [0, 0.1) is 22.5 Å². The van der Waals surface area contributed by atoms with Crippen molar-refractivity contribution in [2.45, 2.75) is 27.2 Å². The van der Waals surface area contributed by atoms with Crippen LogP contribution in [0.1, 0.15) is 25.8 Å². The van der Waals surface area contributed by atoms with Gasteiger partial charge in [0.25, 0.3) is 5.69 Å². The molecule has 0 spiro atoms. The van der Waals surface area contributed by atoms with Gasteiger partial charge in [-0.1, -0.05) is 19.9 Å². The largest absolute Gasteiger partial charge is 0.385 e. The van der Waals surface area contributed by atoms with Crippen LogP contribution < -0.4 is 5.32 Å². The van der Waals surface area contributed by atoms with Gasteiger partial charge in [-0.25, -0.2) is 0 Å². The third-order valence-corrected chi connectivity index (χ3v) is 3.16. The predicted octanol–water partition coefficient (Wildman–Crippen LogP) is 3.38. The van der Waals surface area contributed by atoms with Crippen molar-refractivity contribution in [2.75, 3.05) is 25.6 Å². The average Bonchev–Trinajstić information content (AvgIpc) is 2.35. The van der Waals surface area contributed by atoms with Gasteiger partial charge in [-0.3, -0.25) is 10.1 Å². The molecular formula is C14H22N2O3. The summed E-state index contributed by atoms with van der Waals surface area (Å²) >= 11 is 0. The molecule has 1 aromatic rings. The predicted molar refractivity (Wildman–Crippen MR) is 76.6 cm³/mol. The van der Waals surface area contributed by atoms with Crippen molar-refractivity contribution in [3.8, 4) is 0 Å². The molecule has 0 unspecified atom stereocenters. The Morgan fingerprint density at radius 1 is 1.42 bits per heavy atom. The first-order valence-electron chi connectivity index (χ1n) is 6.33. The molecule has 0 heterocycles. The first-order valence-corrected chi connectivity index (χ1v) is 6.33. The minimum absolute atomic E-state index is 0.0790. The molecular weight excluding hydrogens is 244 g/mol. The van der Waals surface area contributed by atoms with E-state index in [4.69, 9.17) is 4.74 Å². The van der Waals surface area contributed by atoms with E-state index in [9.17, 15) is 10.1 Å². The van der Waals surface area contributed by atoms with E-state index in [1.165, 1.54) is 0 Å². The molecule has 0 aliphatic heterocycles. The molecule has 0 bridgehead atoms. The van der Waals surface area contributed by atoms with Gasteiger partial charge >= 0.3 is 0 Å². The fourth-order valence-corrected chi connectivity index (χ4v) is 1.72. The smallest absolute Gasteiger partial charge is 0.274 e. The second-order valence-corrected chi connectivity index (χ2v) is 5.52. The van der Waals surface area contributed by atoms with Crippen molar-refractivity contribution >= 4 is 11.4 Å². The number of hydrogen-bond donors (Lipinski definition) is 1. The van der Waals surface area contributed by atoms with Crippen LogP contribution in [0.3, 0.4) is 0 Å². The highest BCUT2D eigenvalue weighted by Crippen LogP contribution is 2.25. The van der Waals surface area contributed by atoms with Crippen molar-refractivity contribution in [1.29, 1.82) is 0 Å². The fourth-order valence-electron chi connectivity index (χ4n) is 1.72. The van der Waals surface area contributed by atoms with Gasteiger partial charge in [-0.2, -0.15) is 0 Å². The number of hydrogen-bond acceptors (Lipinski definition) is 4. The Kier molecular flexibility index (Phi) is 5.30. The number of nitro groups is 1. The summed E-state index contributed by atoms with van der Waals surface area (Å²) < 4.78 is 5.08. The minimum Gasteiger partial charge on any atom is -0.385 e. The Labute approximate surface area is 114 Å². The number of rotatable bonds is 7. The highest BCUT2D eigenvalue weighted by atomic mass is 16.6. The maximum absolute atomic E-state index is 10.9. The molecule has 0 atom stereocenters. The molecule has 1 N–H and O–H groups in total. The SMILES string of the molecule is COCCC(C)(C)CNc1ccc(C)c([N+](=O)[O-])c1. The van der Waals surface area contributed by atoms with Crippen molar-refractivity contribution < 1.29 is 9.66 Å². The molecule has 19 heavy (non-hydrogen) atoms. The summed E-state index contributed by atoms with van der Waals surface area (Å²) in [5.41, 5.74) is 1.69. The Bertz CT molecular complexity index is 444. The molecule has 0 aliphatic rings. The Balaban J connectivity index is 2.68. The van der Waals surface area contributed by atoms with Crippen LogP contribution in [0.5, 0.6) is 0 Å². The van der Waals surface area contributed by atoms with Crippen LogP contribution in [0.2, 0.25) is 0 Å². The van der Waals surface area contributed by atoms with Crippen molar-refractivity contribution in [3.05, 3.63) is 33.9 Å². The van der Waals surface area contributed by atoms with E-state index in [1.807, 2.05) is 6.07 Å². The highest BCUT2D eigenvalue weighted by Gasteiger charge is 2.18. The summed E-state index contributed by atoms with van der Waals surface area (Å²) in [5, 5.41) is 14.1. The third-order valence-electron chi connectivity index (χ3n) is 3.16. The van der Waals surface area contributed by atoms with Gasteiger partial charge in [-0.05, 0) is 24.8 Å². The lowest BCUT2D eigenvalue weighted by atomic mass is 9.89. The Morgan fingerprint density at radius 3 is 2.68 bits per heavy atom. The highest BCUT2D eigenvalue weighted by molar-refractivity contribution is 5.54. The molecule has 0 aromatic heterocycles. The molecule has 106 valence electrons. The maximum atomic E-state index is 10.9. The molecule has 0 radical (unpaired) electrons. The van der Waals surface area contributed by atoms with E-state index in [1.54, 1.807) is 26.2 Å². The van der Waals surface area contributed by atoms with E-state index < -0.39 is 0 Å². The van der Waals surface area contributed by atoms with Gasteiger partial charge in [0, 0.05) is 37.6 Å². The van der Waals surface area contributed by atoms with Crippen LogP contribution in [-0.2, 0) is 4.74 Å². The number of benzene rings is 1. The zero-order valence-electron chi connectivity index (χ0n) is 12.0. The first kappa shape index (κ1) is 15.4. The quantitative estimate of drug-likeness (QED) is 0.607. The van der Waals surface area contributed by atoms with Crippen LogP contribution in [-0.4, -0.2) is 25.2 Å². The standard InChI is InChI=1S/C14H22N2O3/c1-11-5-6-12(9-13(11)16(17)18)15-10-14(2,3)7-8-19-4/h5-6,9,15H,7-8,10H2,1-4H3. The molecule has 0 aliphatic carbocycles. The number of nitrogens with one attached hydrogen (secondary N) is 1. The molecule has 5 nitrogen and oxygen atoms in total. The summed E-state index contributed by atoms with van der Waals surface area (Å²) in [6.07, 6.45) is 0.935. The summed E-state index contributed by atoms with van der Waals surface area (Å²) in [7, 11) is 1.69. The lowest BCUT2D eigenvalue weighted by molar-refractivity contribution is -0.385. The lowest BCUT2D eigenvalue weighted by Crippen LogP contribution is -2.24. The van der Waals surface area contributed by atoms with Gasteiger partial charge in [-0.15, -0.1) is 0 Å². The summed E-state index contributed by atoms with van der Waals surface area (Å²) in [5.74, 6) is 0. The number of aryl methyl sites for hydroxylation is 1. The summed E-state index contributed by atoms with van der Waals surface area (Å²) in [6, 6.07) is 5.22. The van der Waals surface area contributed by atoms with Gasteiger partial charge in [0.1, 0.15) is 0 Å². The number of ether oxygens (including phenoxy) is 1. The van der Waals surface area contributed by atoms with E-state index >= 15 is 0 Å². The first-order chi connectivity index (χ1) is 8.85. The van der Waals surface area contributed by atoms with Crippen molar-refractivity contribution in [2.24, 2.45) is 5.41 Å². The topological polar surface area (TPSA) is 64.4 Å². The molecule has 5 heteroatoms. The van der Waals surface area contributed by atoms with Crippen LogP contribution in [0.25, 0.3) is 0 Å². The zero-order chi connectivity index (χ0) is 14.5. The summed E-state index contributed by atoms with van der Waals surface area (Å²) in [6.45, 7) is 7.48. The van der Waals surface area contributed by atoms with Gasteiger partial charge in [0.2, 0.25) is 0 Å². The molecule has 0 saturated carbocycles. The van der Waals surface area contributed by atoms with E-state index in [0.29, 0.717) is 12.2 Å². The number of anilines is 1. The van der Waals surface area contributed by atoms with Crippen molar-refractivity contribution in [1.82, 2.24) is 0 Å². The summed E-state index contributed by atoms with van der Waals surface area (Å²) in [4.78, 5) is 10.5. The van der Waals surface area contributed by atoms with Gasteiger partial charge in [0.15, 0.2) is 0 Å². The van der Waals surface area contributed by atoms with Crippen LogP contribution in [0.15, 0.2) is 18.2 Å². The van der Waals surface area contributed by atoms with Crippen LogP contribution in [0.4, 0.5) is 11.4 Å². The molecule has 0 saturated heterocycles. The van der Waals surface area contributed by atoms with Gasteiger partial charge < -0.3 is 10.1 Å². The second-order valence-electron chi connectivity index (χ2n) is 5.52. The monoisotopic (exact) mass is 266 g/mol. The Morgan fingerprint density at radius 2 is 2.11 bits per heavy atom.